The van der Waals surface area contributed by atoms with E-state index in [9.17, 15) is 9.59 Å². The van der Waals surface area contributed by atoms with Gasteiger partial charge in [-0.3, -0.25) is 14.5 Å². The molecule has 1 atom stereocenters. The Morgan fingerprint density at radius 1 is 1.09 bits per heavy atom. The van der Waals surface area contributed by atoms with E-state index in [0.29, 0.717) is 19.4 Å². The van der Waals surface area contributed by atoms with Gasteiger partial charge in [0.2, 0.25) is 0 Å². The third-order valence-electron chi connectivity index (χ3n) is 3.67. The molecule has 0 aliphatic carbocycles. The summed E-state index contributed by atoms with van der Waals surface area (Å²) in [5.74, 6) is -0.0192. The van der Waals surface area contributed by atoms with Crippen LogP contribution in [-0.4, -0.2) is 50.5 Å². The molecule has 0 N–H and O–H groups in total. The summed E-state index contributed by atoms with van der Waals surface area (Å²) in [5, 5.41) is 0. The number of hydrogen-bond acceptors (Lipinski definition) is 4. The molecule has 0 aromatic carbocycles. The van der Waals surface area contributed by atoms with Crippen molar-refractivity contribution in [2.45, 2.75) is 78.2 Å². The molecule has 0 radical (unpaired) electrons. The Kier molecular flexibility index (Phi) is 10.6. The second-order valence-electron chi connectivity index (χ2n) is 7.23. The molecule has 0 unspecified atom stereocenters. The molecule has 130 valence electrons. The van der Waals surface area contributed by atoms with Gasteiger partial charge in [0.1, 0.15) is 5.78 Å². The van der Waals surface area contributed by atoms with Crippen LogP contribution in [-0.2, 0) is 14.3 Å². The van der Waals surface area contributed by atoms with Gasteiger partial charge in [0.05, 0.1) is 12.6 Å². The van der Waals surface area contributed by atoms with Gasteiger partial charge < -0.3 is 4.74 Å². The van der Waals surface area contributed by atoms with Gasteiger partial charge in [-0.05, 0) is 45.3 Å². The smallest absolute Gasteiger partial charge is 0.305 e. The van der Waals surface area contributed by atoms with E-state index < -0.39 is 8.07 Å². The van der Waals surface area contributed by atoms with Crippen LogP contribution in [0.4, 0.5) is 0 Å². The zero-order valence-corrected chi connectivity index (χ0v) is 16.4. The van der Waals surface area contributed by atoms with Gasteiger partial charge in [-0.1, -0.05) is 33.5 Å². The molecule has 0 spiro atoms. The van der Waals surface area contributed by atoms with Crippen molar-refractivity contribution in [1.82, 2.24) is 4.90 Å². The van der Waals surface area contributed by atoms with Crippen molar-refractivity contribution >= 4 is 19.8 Å². The van der Waals surface area contributed by atoms with Crippen LogP contribution in [0.25, 0.3) is 0 Å². The van der Waals surface area contributed by atoms with Gasteiger partial charge in [0.15, 0.2) is 0 Å². The molecule has 0 aliphatic rings. The molecule has 0 heterocycles. The van der Waals surface area contributed by atoms with Crippen molar-refractivity contribution in [3.63, 3.8) is 0 Å². The average molecular weight is 330 g/mol. The van der Waals surface area contributed by atoms with E-state index >= 15 is 0 Å². The fourth-order valence-electron chi connectivity index (χ4n) is 2.44. The Balaban J connectivity index is 4.33. The number of rotatable bonds is 12. The Bertz CT molecular complexity index is 333. The number of carbonyl (C=O) groups is 2. The summed E-state index contributed by atoms with van der Waals surface area (Å²) in [6.45, 7) is 15.0. The zero-order chi connectivity index (χ0) is 17.2. The van der Waals surface area contributed by atoms with E-state index in [1.165, 1.54) is 0 Å². The molecule has 0 bridgehead atoms. The van der Waals surface area contributed by atoms with Crippen LogP contribution in [0.5, 0.6) is 0 Å². The van der Waals surface area contributed by atoms with Crippen LogP contribution in [0.3, 0.4) is 0 Å². The lowest BCUT2D eigenvalue weighted by molar-refractivity contribution is -0.143. The average Bonchev–Trinajstić information content (AvgIpc) is 2.37. The predicted molar refractivity (Wildman–Crippen MR) is 95.0 cm³/mol. The quantitative estimate of drug-likeness (QED) is 0.404. The second-order valence-corrected chi connectivity index (χ2v) is 12.9. The molecule has 0 saturated heterocycles. The van der Waals surface area contributed by atoms with Crippen molar-refractivity contribution in [3.05, 3.63) is 0 Å². The topological polar surface area (TPSA) is 46.6 Å². The van der Waals surface area contributed by atoms with E-state index in [4.69, 9.17) is 4.74 Å². The molecule has 0 fully saturated rings. The standard InChI is InChI=1S/C17H35NO3Si/c1-7-11-18(12-8-2)16(15(3)19)9-10-17(20)21-13-14-22(4,5)6/h16H,7-14H2,1-6H3/t16-/m0/s1. The largest absolute Gasteiger partial charge is 0.466 e. The van der Waals surface area contributed by atoms with Gasteiger partial charge in [0, 0.05) is 14.5 Å². The monoisotopic (exact) mass is 329 g/mol. The number of ether oxygens (including phenoxy) is 1. The Hall–Kier alpha value is -0.683. The van der Waals surface area contributed by atoms with Crippen molar-refractivity contribution in [2.75, 3.05) is 19.7 Å². The summed E-state index contributed by atoms with van der Waals surface area (Å²) < 4.78 is 5.31. The van der Waals surface area contributed by atoms with E-state index in [-0.39, 0.29) is 17.8 Å². The first kappa shape index (κ1) is 21.3. The van der Waals surface area contributed by atoms with Crippen LogP contribution < -0.4 is 0 Å². The molecule has 0 saturated carbocycles. The number of esters is 1. The minimum atomic E-state index is -1.17. The lowest BCUT2D eigenvalue weighted by atomic mass is 10.1. The lowest BCUT2D eigenvalue weighted by Crippen LogP contribution is -2.41. The maximum atomic E-state index is 11.9. The molecular weight excluding hydrogens is 294 g/mol. The summed E-state index contributed by atoms with van der Waals surface area (Å²) in [4.78, 5) is 26.0. The first-order valence-corrected chi connectivity index (χ1v) is 12.3. The van der Waals surface area contributed by atoms with Crippen molar-refractivity contribution < 1.29 is 14.3 Å². The minimum Gasteiger partial charge on any atom is -0.466 e. The summed E-state index contributed by atoms with van der Waals surface area (Å²) in [6, 6.07) is 0.844. The summed E-state index contributed by atoms with van der Waals surface area (Å²) >= 11 is 0. The molecular formula is C17H35NO3Si. The van der Waals surface area contributed by atoms with Crippen LogP contribution in [0, 0.1) is 0 Å². The van der Waals surface area contributed by atoms with E-state index in [2.05, 4.69) is 38.4 Å². The third kappa shape index (κ3) is 10.1. The third-order valence-corrected chi connectivity index (χ3v) is 5.37. The fraction of sp³-hybridized carbons (Fsp3) is 0.882. The molecule has 4 nitrogen and oxygen atoms in total. The first-order chi connectivity index (χ1) is 10.2. The molecule has 0 aromatic rings. The predicted octanol–water partition coefficient (Wildman–Crippen LogP) is 3.73. The fourth-order valence-corrected chi connectivity index (χ4v) is 3.15. The van der Waals surface area contributed by atoms with Gasteiger partial charge >= 0.3 is 5.97 Å². The second kappa shape index (κ2) is 10.9. The summed E-state index contributed by atoms with van der Waals surface area (Å²) in [7, 11) is -1.17. The van der Waals surface area contributed by atoms with E-state index in [0.717, 1.165) is 32.0 Å². The van der Waals surface area contributed by atoms with Crippen LogP contribution >= 0.6 is 0 Å². The Morgan fingerprint density at radius 3 is 2.05 bits per heavy atom. The highest BCUT2D eigenvalue weighted by molar-refractivity contribution is 6.76. The number of hydrogen-bond donors (Lipinski definition) is 0. The highest BCUT2D eigenvalue weighted by atomic mass is 28.3. The van der Waals surface area contributed by atoms with Gasteiger partial charge in [-0.2, -0.15) is 0 Å². The first-order valence-electron chi connectivity index (χ1n) is 8.61. The molecule has 22 heavy (non-hydrogen) atoms. The molecule has 0 aliphatic heterocycles. The molecule has 0 amide bonds. The lowest BCUT2D eigenvalue weighted by Gasteiger charge is -2.29. The van der Waals surface area contributed by atoms with Crippen LogP contribution in [0.2, 0.25) is 25.7 Å². The number of nitrogens with zero attached hydrogens (tertiary/aromatic N) is 1. The van der Waals surface area contributed by atoms with Gasteiger partial charge in [-0.15, -0.1) is 0 Å². The molecule has 0 rings (SSSR count). The summed E-state index contributed by atoms with van der Waals surface area (Å²) in [6.07, 6.45) is 2.94. The number of ketones is 1. The maximum Gasteiger partial charge on any atom is 0.305 e. The van der Waals surface area contributed by atoms with Crippen molar-refractivity contribution in [1.29, 1.82) is 0 Å². The Labute approximate surface area is 137 Å². The number of carbonyl (C=O) groups excluding carboxylic acids is 2. The Morgan fingerprint density at radius 2 is 1.64 bits per heavy atom. The van der Waals surface area contributed by atoms with Crippen molar-refractivity contribution in [3.8, 4) is 0 Å². The maximum absolute atomic E-state index is 11.9. The van der Waals surface area contributed by atoms with Crippen LogP contribution in [0.1, 0.15) is 46.5 Å². The van der Waals surface area contributed by atoms with Crippen molar-refractivity contribution in [2.24, 2.45) is 0 Å². The SMILES string of the molecule is CCCN(CCC)[C@@H](CCC(=O)OCC[Si](C)(C)C)C(C)=O. The zero-order valence-electron chi connectivity index (χ0n) is 15.4. The van der Waals surface area contributed by atoms with E-state index in [1.807, 2.05) is 0 Å². The van der Waals surface area contributed by atoms with Gasteiger partial charge in [-0.25, -0.2) is 0 Å². The highest BCUT2D eigenvalue weighted by Crippen LogP contribution is 2.12. The van der Waals surface area contributed by atoms with Crippen LogP contribution in [0.15, 0.2) is 0 Å². The minimum absolute atomic E-state index is 0.149. The summed E-state index contributed by atoms with van der Waals surface area (Å²) in [5.41, 5.74) is 0. The van der Waals surface area contributed by atoms with E-state index in [1.54, 1.807) is 6.92 Å². The normalized spacial score (nSPS) is 13.2. The highest BCUT2D eigenvalue weighted by Gasteiger charge is 2.23. The molecule has 0 aromatic heterocycles. The molecule has 5 heteroatoms. The number of Topliss-reactive ketones (excluding diaryl/α,β-unsaturated/α-hetero) is 1. The van der Waals surface area contributed by atoms with Gasteiger partial charge in [0.25, 0.3) is 0 Å².